The number of halogens is 2. The third kappa shape index (κ3) is 4.65. The van der Waals surface area contributed by atoms with Crippen LogP contribution in [0.25, 0.3) is 0 Å². The first-order chi connectivity index (χ1) is 14.3. The molecule has 154 valence electrons. The van der Waals surface area contributed by atoms with Gasteiger partial charge < -0.3 is 10.6 Å². The molecule has 0 saturated heterocycles. The molecule has 2 aromatic heterocycles. The standard InChI is InChI=1S/C22H20F2N4O2/c1-14(2)20(29)28-19-12-15(8-11-26-19)21(30)27-18-13-25-10-9-17(18)22(23,24)16-6-4-3-5-7-16/h3-14H,1-2H3,(H,27,30)(H,26,28,29). The maximum absolute atomic E-state index is 15.0. The summed E-state index contributed by atoms with van der Waals surface area (Å²) in [5, 5.41) is 5.08. The zero-order valence-electron chi connectivity index (χ0n) is 16.4. The minimum Gasteiger partial charge on any atom is -0.320 e. The normalized spacial score (nSPS) is 11.2. The molecular formula is C22H20F2N4O2. The van der Waals surface area contributed by atoms with Crippen LogP contribution in [0.5, 0.6) is 0 Å². The highest BCUT2D eigenvalue weighted by atomic mass is 19.3. The molecule has 0 spiro atoms. The maximum atomic E-state index is 15.0. The van der Waals surface area contributed by atoms with Gasteiger partial charge >= 0.3 is 5.92 Å². The molecule has 3 aromatic rings. The largest absolute Gasteiger partial charge is 0.320 e. The molecule has 0 aliphatic heterocycles. The van der Waals surface area contributed by atoms with E-state index in [0.29, 0.717) is 0 Å². The van der Waals surface area contributed by atoms with Crippen LogP contribution in [0.1, 0.15) is 35.3 Å². The molecule has 0 fully saturated rings. The van der Waals surface area contributed by atoms with E-state index in [4.69, 9.17) is 0 Å². The van der Waals surface area contributed by atoms with Gasteiger partial charge in [-0.3, -0.25) is 14.6 Å². The van der Waals surface area contributed by atoms with E-state index >= 15 is 8.78 Å². The topological polar surface area (TPSA) is 84.0 Å². The van der Waals surface area contributed by atoms with Crippen molar-refractivity contribution in [1.29, 1.82) is 0 Å². The second-order valence-corrected chi connectivity index (χ2v) is 6.89. The number of nitrogens with one attached hydrogen (secondary N) is 2. The Morgan fingerprint density at radius 2 is 1.73 bits per heavy atom. The minimum absolute atomic E-state index is 0.110. The van der Waals surface area contributed by atoms with Crippen molar-refractivity contribution in [2.75, 3.05) is 10.6 Å². The number of carbonyl (C=O) groups is 2. The van der Waals surface area contributed by atoms with Gasteiger partial charge in [0.2, 0.25) is 5.91 Å². The van der Waals surface area contributed by atoms with Gasteiger partial charge in [-0.25, -0.2) is 4.98 Å². The van der Waals surface area contributed by atoms with Crippen molar-refractivity contribution in [3.63, 3.8) is 0 Å². The number of rotatable bonds is 6. The summed E-state index contributed by atoms with van der Waals surface area (Å²) in [5.74, 6) is -4.28. The average molecular weight is 410 g/mol. The molecule has 0 bridgehead atoms. The Morgan fingerprint density at radius 1 is 1.00 bits per heavy atom. The van der Waals surface area contributed by atoms with E-state index in [2.05, 4.69) is 20.6 Å². The van der Waals surface area contributed by atoms with E-state index in [9.17, 15) is 9.59 Å². The Morgan fingerprint density at radius 3 is 2.43 bits per heavy atom. The number of benzene rings is 1. The summed E-state index contributed by atoms with van der Waals surface area (Å²) < 4.78 is 30.1. The highest BCUT2D eigenvalue weighted by Gasteiger charge is 2.36. The summed E-state index contributed by atoms with van der Waals surface area (Å²) in [6, 6.07) is 11.3. The number of nitrogens with zero attached hydrogens (tertiary/aromatic N) is 2. The average Bonchev–Trinajstić information content (AvgIpc) is 2.74. The molecule has 0 atom stereocenters. The monoisotopic (exact) mass is 410 g/mol. The molecule has 8 heteroatoms. The summed E-state index contributed by atoms with van der Waals surface area (Å²) in [6.45, 7) is 3.45. The Kier molecular flexibility index (Phi) is 6.15. The number of hydrogen-bond acceptors (Lipinski definition) is 4. The van der Waals surface area contributed by atoms with Crippen molar-refractivity contribution >= 4 is 23.3 Å². The molecule has 1 aromatic carbocycles. The Labute approximate surface area is 172 Å². The van der Waals surface area contributed by atoms with Gasteiger partial charge in [0.25, 0.3) is 5.91 Å². The smallest absolute Gasteiger partial charge is 0.300 e. The van der Waals surface area contributed by atoms with Crippen LogP contribution in [0.3, 0.4) is 0 Å². The number of aromatic nitrogens is 2. The third-order valence-electron chi connectivity index (χ3n) is 4.34. The van der Waals surface area contributed by atoms with Gasteiger partial charge in [0, 0.05) is 29.4 Å². The lowest BCUT2D eigenvalue weighted by atomic mass is 10.00. The summed E-state index contributed by atoms with van der Waals surface area (Å²) in [7, 11) is 0. The second-order valence-electron chi connectivity index (χ2n) is 6.89. The van der Waals surface area contributed by atoms with Gasteiger partial charge in [0.15, 0.2) is 0 Å². The van der Waals surface area contributed by atoms with Gasteiger partial charge in [0.05, 0.1) is 17.4 Å². The first-order valence-electron chi connectivity index (χ1n) is 9.25. The fraction of sp³-hybridized carbons (Fsp3) is 0.182. The predicted molar refractivity (Wildman–Crippen MR) is 109 cm³/mol. The molecule has 2 amide bonds. The number of carbonyl (C=O) groups excluding carboxylic acids is 2. The molecule has 0 aliphatic rings. The summed E-state index contributed by atoms with van der Waals surface area (Å²) in [5.41, 5.74) is -0.531. The summed E-state index contributed by atoms with van der Waals surface area (Å²) >= 11 is 0. The van der Waals surface area contributed by atoms with Gasteiger partial charge in [0.1, 0.15) is 5.82 Å². The molecule has 0 saturated carbocycles. The van der Waals surface area contributed by atoms with Crippen molar-refractivity contribution < 1.29 is 18.4 Å². The number of pyridine rings is 2. The lowest BCUT2D eigenvalue weighted by Gasteiger charge is -2.20. The van der Waals surface area contributed by atoms with Crippen molar-refractivity contribution in [1.82, 2.24) is 9.97 Å². The fourth-order valence-electron chi connectivity index (χ4n) is 2.68. The molecule has 0 unspecified atom stereocenters. The van der Waals surface area contributed by atoms with Crippen LogP contribution in [-0.2, 0) is 10.7 Å². The van der Waals surface area contributed by atoms with Crippen LogP contribution < -0.4 is 10.6 Å². The Balaban J connectivity index is 1.86. The SMILES string of the molecule is CC(C)C(=O)Nc1cc(C(=O)Nc2cnccc2C(F)(F)c2ccccc2)ccn1. The fourth-order valence-corrected chi connectivity index (χ4v) is 2.68. The van der Waals surface area contributed by atoms with Crippen molar-refractivity contribution in [2.24, 2.45) is 5.92 Å². The maximum Gasteiger partial charge on any atom is 0.300 e. The van der Waals surface area contributed by atoms with Gasteiger partial charge in [-0.1, -0.05) is 44.2 Å². The number of hydrogen-bond donors (Lipinski definition) is 2. The van der Waals surface area contributed by atoms with E-state index < -0.39 is 11.8 Å². The van der Waals surface area contributed by atoms with Crippen LogP contribution >= 0.6 is 0 Å². The second kappa shape index (κ2) is 8.77. The first-order valence-corrected chi connectivity index (χ1v) is 9.25. The van der Waals surface area contributed by atoms with Crippen LogP contribution in [0.2, 0.25) is 0 Å². The Hall–Kier alpha value is -3.68. The molecule has 0 radical (unpaired) electrons. The van der Waals surface area contributed by atoms with Crippen LogP contribution in [-0.4, -0.2) is 21.8 Å². The molecule has 6 nitrogen and oxygen atoms in total. The number of alkyl halides is 2. The van der Waals surface area contributed by atoms with Gasteiger partial charge in [-0.15, -0.1) is 0 Å². The number of amides is 2. The molecular weight excluding hydrogens is 390 g/mol. The Bertz CT molecular complexity index is 1060. The molecule has 2 N–H and O–H groups in total. The summed E-state index contributed by atoms with van der Waals surface area (Å²) in [6.07, 6.45) is 3.77. The van der Waals surface area contributed by atoms with Gasteiger partial charge in [-0.05, 0) is 18.2 Å². The third-order valence-corrected chi connectivity index (χ3v) is 4.34. The first kappa shape index (κ1) is 21.0. The van der Waals surface area contributed by atoms with Crippen molar-refractivity contribution in [2.45, 2.75) is 19.8 Å². The van der Waals surface area contributed by atoms with E-state index in [-0.39, 0.29) is 40.0 Å². The summed E-state index contributed by atoms with van der Waals surface area (Å²) in [4.78, 5) is 32.4. The highest BCUT2D eigenvalue weighted by molar-refractivity contribution is 6.05. The lowest BCUT2D eigenvalue weighted by Crippen LogP contribution is -2.21. The van der Waals surface area contributed by atoms with E-state index in [0.717, 1.165) is 0 Å². The van der Waals surface area contributed by atoms with E-state index in [1.165, 1.54) is 61.1 Å². The minimum atomic E-state index is -3.33. The van der Waals surface area contributed by atoms with Crippen molar-refractivity contribution in [3.8, 4) is 0 Å². The van der Waals surface area contributed by atoms with Crippen molar-refractivity contribution in [3.05, 3.63) is 83.8 Å². The zero-order chi connectivity index (χ0) is 21.7. The van der Waals surface area contributed by atoms with Gasteiger partial charge in [-0.2, -0.15) is 8.78 Å². The lowest BCUT2D eigenvalue weighted by molar-refractivity contribution is -0.118. The van der Waals surface area contributed by atoms with Crippen LogP contribution in [0.15, 0.2) is 67.1 Å². The molecule has 3 rings (SSSR count). The highest BCUT2D eigenvalue weighted by Crippen LogP contribution is 2.39. The zero-order valence-corrected chi connectivity index (χ0v) is 16.4. The molecule has 0 aliphatic carbocycles. The quantitative estimate of drug-likeness (QED) is 0.628. The molecule has 2 heterocycles. The predicted octanol–water partition coefficient (Wildman–Crippen LogP) is 4.46. The van der Waals surface area contributed by atoms with Crippen LogP contribution in [0.4, 0.5) is 20.3 Å². The van der Waals surface area contributed by atoms with Crippen LogP contribution in [0, 0.1) is 5.92 Å². The van der Waals surface area contributed by atoms with E-state index in [1.54, 1.807) is 19.9 Å². The number of anilines is 2. The molecule has 30 heavy (non-hydrogen) atoms. The van der Waals surface area contributed by atoms with E-state index in [1.807, 2.05) is 0 Å².